The molecule has 0 heterocycles. The first-order valence-corrected chi connectivity index (χ1v) is 10.3. The summed E-state index contributed by atoms with van der Waals surface area (Å²) in [6.07, 6.45) is 0. The number of phenols is 1. The third-order valence-electron chi connectivity index (χ3n) is 3.48. The van der Waals surface area contributed by atoms with Gasteiger partial charge in [-0.2, -0.15) is 13.2 Å². The quantitative estimate of drug-likeness (QED) is 0.485. The van der Waals surface area contributed by atoms with Gasteiger partial charge in [0, 0.05) is 21.7 Å². The lowest BCUT2D eigenvalue weighted by atomic mass is 10.0. The van der Waals surface area contributed by atoms with E-state index in [0.717, 1.165) is 10.9 Å². The number of rotatable bonds is 3. The Hall–Kier alpha value is -1.45. The van der Waals surface area contributed by atoms with Crippen molar-refractivity contribution >= 4 is 31.8 Å². The molecule has 4 nitrogen and oxygen atoms in total. The van der Waals surface area contributed by atoms with Gasteiger partial charge in [-0.15, -0.1) is 0 Å². The van der Waals surface area contributed by atoms with Crippen LogP contribution < -0.4 is 0 Å². The van der Waals surface area contributed by atoms with Crippen molar-refractivity contribution in [2.45, 2.75) is 31.2 Å². The van der Waals surface area contributed by atoms with Crippen LogP contribution in [0.15, 0.2) is 35.2 Å². The molecule has 0 radical (unpaired) electrons. The third-order valence-corrected chi connectivity index (χ3v) is 6.42. The van der Waals surface area contributed by atoms with Crippen molar-refractivity contribution in [3.8, 4) is 5.75 Å². The second kappa shape index (κ2) is 8.29. The Labute approximate surface area is 147 Å². The first-order chi connectivity index (χ1) is 11.4. The molecule has 0 saturated heterocycles. The second-order valence-corrected chi connectivity index (χ2v) is 9.00. The zero-order valence-corrected chi connectivity index (χ0v) is 15.6. The minimum atomic E-state index is -6.09. The van der Waals surface area contributed by atoms with Gasteiger partial charge in [-0.3, -0.25) is 0 Å². The highest BCUT2D eigenvalue weighted by molar-refractivity contribution is 7.97. The molecule has 0 aliphatic heterocycles. The average molecular weight is 396 g/mol. The highest BCUT2D eigenvalue weighted by atomic mass is 32.2. The predicted molar refractivity (Wildman–Crippen MR) is 92.8 cm³/mol. The van der Waals surface area contributed by atoms with Gasteiger partial charge in [0.05, 0.1) is 0 Å². The van der Waals surface area contributed by atoms with Crippen LogP contribution >= 0.6 is 0 Å². The van der Waals surface area contributed by atoms with Crippen molar-refractivity contribution in [3.63, 3.8) is 0 Å². The Kier molecular flexibility index (Phi) is 7.16. The summed E-state index contributed by atoms with van der Waals surface area (Å²) in [6, 6.07) is 10.2. The SMILES string of the molecule is CC[S+](CC)c1ccc(O)c2c(C)cccc12.O=S(=O)([O-])C(F)(F)F. The number of fused-ring (bicyclic) bond motifs is 1. The number of phenolic OH excluding ortho intramolecular Hbond substituents is 1. The van der Waals surface area contributed by atoms with Crippen LogP contribution in [0.1, 0.15) is 19.4 Å². The molecule has 0 aromatic heterocycles. The van der Waals surface area contributed by atoms with Crippen LogP contribution in [0.2, 0.25) is 0 Å². The molecule has 0 aliphatic carbocycles. The maximum Gasteiger partial charge on any atom is 0.485 e. The van der Waals surface area contributed by atoms with Crippen LogP contribution in [0.3, 0.4) is 0 Å². The van der Waals surface area contributed by atoms with Crippen LogP contribution in [0.4, 0.5) is 13.2 Å². The summed E-state index contributed by atoms with van der Waals surface area (Å²) in [6.45, 7) is 6.53. The molecule has 0 amide bonds. The Bertz CT molecular complexity index is 821. The predicted octanol–water partition coefficient (Wildman–Crippen LogP) is 3.92. The van der Waals surface area contributed by atoms with E-state index in [4.69, 9.17) is 13.0 Å². The summed E-state index contributed by atoms with van der Waals surface area (Å²) in [4.78, 5) is 1.39. The van der Waals surface area contributed by atoms with Gasteiger partial charge in [-0.05, 0) is 44.5 Å². The van der Waals surface area contributed by atoms with E-state index in [1.54, 1.807) is 0 Å². The summed E-state index contributed by atoms with van der Waals surface area (Å²) in [7, 11) is -5.79. The van der Waals surface area contributed by atoms with Gasteiger partial charge in [0.15, 0.2) is 15.0 Å². The number of aromatic hydroxyl groups is 1. The van der Waals surface area contributed by atoms with Gasteiger partial charge in [0.25, 0.3) is 0 Å². The third kappa shape index (κ3) is 5.26. The van der Waals surface area contributed by atoms with Gasteiger partial charge in [-0.1, -0.05) is 12.1 Å². The lowest BCUT2D eigenvalue weighted by Gasteiger charge is -2.10. The Morgan fingerprint density at radius 1 is 1.12 bits per heavy atom. The van der Waals surface area contributed by atoms with Crippen LogP contribution in [0.25, 0.3) is 10.8 Å². The molecule has 2 aromatic carbocycles. The lowest BCUT2D eigenvalue weighted by molar-refractivity contribution is -0.0517. The van der Waals surface area contributed by atoms with Crippen molar-refractivity contribution < 1.29 is 31.2 Å². The molecule has 2 aromatic rings. The van der Waals surface area contributed by atoms with Gasteiger partial charge >= 0.3 is 5.51 Å². The summed E-state index contributed by atoms with van der Waals surface area (Å²) in [5.74, 6) is 2.74. The number of alkyl halides is 3. The molecule has 0 unspecified atom stereocenters. The maximum atomic E-state index is 10.7. The highest BCUT2D eigenvalue weighted by Gasteiger charge is 2.36. The van der Waals surface area contributed by atoms with E-state index < -0.39 is 15.6 Å². The van der Waals surface area contributed by atoms with Gasteiger partial charge in [-0.25, -0.2) is 8.42 Å². The van der Waals surface area contributed by atoms with Crippen molar-refractivity contribution in [2.24, 2.45) is 0 Å². The van der Waals surface area contributed by atoms with Crippen molar-refractivity contribution in [1.82, 2.24) is 0 Å². The van der Waals surface area contributed by atoms with E-state index in [1.807, 2.05) is 6.07 Å². The molecule has 1 N–H and O–H groups in total. The highest BCUT2D eigenvalue weighted by Crippen LogP contribution is 2.33. The number of aryl methyl sites for hydroxylation is 1. The molecule has 0 spiro atoms. The van der Waals surface area contributed by atoms with Crippen LogP contribution in [-0.4, -0.2) is 35.1 Å². The summed E-state index contributed by atoms with van der Waals surface area (Å²) in [5.41, 5.74) is -4.50. The Morgan fingerprint density at radius 3 is 2.08 bits per heavy atom. The van der Waals surface area contributed by atoms with E-state index in [2.05, 4.69) is 45.0 Å². The van der Waals surface area contributed by atoms with Crippen molar-refractivity contribution in [3.05, 3.63) is 35.9 Å². The van der Waals surface area contributed by atoms with E-state index in [1.165, 1.54) is 21.8 Å². The number of halogens is 3. The van der Waals surface area contributed by atoms with Crippen LogP contribution in [0, 0.1) is 6.92 Å². The fourth-order valence-electron chi connectivity index (χ4n) is 2.31. The zero-order chi connectivity index (χ0) is 19.4. The standard InChI is InChI=1S/C15H18OS.CHF3O3S/c1-4-17(5-2)14-10-9-13(16)15-11(3)7-6-8-12(14)15;2-1(3,4)8(5,6)7/h6-10H,4-5H2,1-3H3;(H,5,6,7). The maximum absolute atomic E-state index is 10.7. The van der Waals surface area contributed by atoms with Gasteiger partial charge in [0.2, 0.25) is 0 Å². The first-order valence-electron chi connectivity index (χ1n) is 7.35. The number of benzene rings is 2. The van der Waals surface area contributed by atoms with E-state index >= 15 is 0 Å². The van der Waals surface area contributed by atoms with Crippen molar-refractivity contribution in [2.75, 3.05) is 11.5 Å². The summed E-state index contributed by atoms with van der Waals surface area (Å²) in [5, 5.41) is 12.2. The average Bonchev–Trinajstić information content (AvgIpc) is 2.49. The summed E-state index contributed by atoms with van der Waals surface area (Å²) >= 11 is 0. The van der Waals surface area contributed by atoms with Crippen molar-refractivity contribution in [1.29, 1.82) is 0 Å². The molecule has 0 aliphatic rings. The van der Waals surface area contributed by atoms with E-state index in [-0.39, 0.29) is 0 Å². The number of hydrogen-bond acceptors (Lipinski definition) is 4. The molecule has 0 atom stereocenters. The molecular weight excluding hydrogens is 377 g/mol. The molecule has 9 heteroatoms. The molecule has 0 fully saturated rings. The summed E-state index contributed by atoms with van der Waals surface area (Å²) < 4.78 is 58.9. The molecular formula is C16H19F3O4S2. The second-order valence-electron chi connectivity index (χ2n) is 5.05. The topological polar surface area (TPSA) is 77.4 Å². The molecule has 25 heavy (non-hydrogen) atoms. The molecule has 140 valence electrons. The van der Waals surface area contributed by atoms with Gasteiger partial charge in [0.1, 0.15) is 17.3 Å². The van der Waals surface area contributed by atoms with Gasteiger partial charge < -0.3 is 9.66 Å². The van der Waals surface area contributed by atoms with Crippen LogP contribution in [0.5, 0.6) is 5.75 Å². The van der Waals surface area contributed by atoms with E-state index in [0.29, 0.717) is 16.6 Å². The molecule has 0 bridgehead atoms. The minimum Gasteiger partial charge on any atom is -0.741 e. The molecule has 2 rings (SSSR count). The lowest BCUT2D eigenvalue weighted by Crippen LogP contribution is -2.21. The Morgan fingerprint density at radius 2 is 1.64 bits per heavy atom. The fourth-order valence-corrected chi connectivity index (χ4v) is 4.08. The smallest absolute Gasteiger partial charge is 0.485 e. The Balaban J connectivity index is 0.000000333. The fraction of sp³-hybridized carbons (Fsp3) is 0.375. The first kappa shape index (κ1) is 21.6. The van der Waals surface area contributed by atoms with E-state index in [9.17, 15) is 18.3 Å². The largest absolute Gasteiger partial charge is 0.741 e. The molecule has 0 saturated carbocycles. The normalized spacial score (nSPS) is 12.2. The monoisotopic (exact) mass is 396 g/mol. The van der Waals surface area contributed by atoms with Crippen LogP contribution in [-0.2, 0) is 21.0 Å². The number of hydrogen-bond donors (Lipinski definition) is 1. The minimum absolute atomic E-state index is 0.296. The zero-order valence-electron chi connectivity index (χ0n) is 13.9.